The minimum Gasteiger partial charge on any atom is -0.484 e. The Balaban J connectivity index is 1.32. The van der Waals surface area contributed by atoms with Crippen LogP contribution < -0.4 is 10.1 Å². The first kappa shape index (κ1) is 19.2. The van der Waals surface area contributed by atoms with Crippen LogP contribution in [0.5, 0.6) is 5.75 Å². The average molecular weight is 403 g/mol. The van der Waals surface area contributed by atoms with Crippen molar-refractivity contribution < 1.29 is 9.53 Å². The van der Waals surface area contributed by atoms with Crippen LogP contribution in [0.2, 0.25) is 0 Å². The molecule has 4 rings (SSSR count). The van der Waals surface area contributed by atoms with Crippen LogP contribution in [-0.2, 0) is 11.3 Å². The Morgan fingerprint density at radius 3 is 2.45 bits per heavy atom. The number of nitrogens with one attached hydrogen (secondary N) is 1. The highest BCUT2D eigenvalue weighted by Gasteiger charge is 2.07. The SMILES string of the molecule is Cc1cc(C)cc(OCC(=O)NCc2ccc(-c3nc4ccccc4s3)cc2)c1. The molecule has 0 fully saturated rings. The fourth-order valence-corrected chi connectivity index (χ4v) is 4.15. The summed E-state index contributed by atoms with van der Waals surface area (Å²) in [6.07, 6.45) is 0. The van der Waals surface area contributed by atoms with Crippen LogP contribution in [0, 0.1) is 13.8 Å². The fourth-order valence-electron chi connectivity index (χ4n) is 3.18. The van der Waals surface area contributed by atoms with Gasteiger partial charge in [-0.15, -0.1) is 11.3 Å². The smallest absolute Gasteiger partial charge is 0.258 e. The van der Waals surface area contributed by atoms with Gasteiger partial charge in [0, 0.05) is 12.1 Å². The van der Waals surface area contributed by atoms with Crippen molar-refractivity contribution in [3.05, 3.63) is 83.4 Å². The molecule has 0 saturated heterocycles. The number of para-hydroxylation sites is 1. The normalized spacial score (nSPS) is 10.8. The van der Waals surface area contributed by atoms with Crippen LogP contribution in [0.4, 0.5) is 0 Å². The molecule has 0 atom stereocenters. The summed E-state index contributed by atoms with van der Waals surface area (Å²) < 4.78 is 6.79. The molecule has 1 aromatic heterocycles. The summed E-state index contributed by atoms with van der Waals surface area (Å²) in [4.78, 5) is 16.8. The zero-order valence-electron chi connectivity index (χ0n) is 16.4. The molecule has 0 aliphatic rings. The first-order chi connectivity index (χ1) is 14.1. The first-order valence-electron chi connectivity index (χ1n) is 9.49. The van der Waals surface area contributed by atoms with E-state index in [1.54, 1.807) is 11.3 Å². The predicted molar refractivity (Wildman–Crippen MR) is 118 cm³/mol. The third-order valence-corrected chi connectivity index (χ3v) is 5.64. The van der Waals surface area contributed by atoms with Gasteiger partial charge in [-0.25, -0.2) is 4.98 Å². The number of ether oxygens (including phenoxy) is 1. The molecular formula is C24H22N2O2S. The average Bonchev–Trinajstić information content (AvgIpc) is 3.15. The molecule has 146 valence electrons. The van der Waals surface area contributed by atoms with E-state index < -0.39 is 0 Å². The third-order valence-electron chi connectivity index (χ3n) is 4.55. The Bertz CT molecular complexity index is 1100. The topological polar surface area (TPSA) is 51.2 Å². The van der Waals surface area contributed by atoms with Crippen molar-refractivity contribution in [2.45, 2.75) is 20.4 Å². The highest BCUT2D eigenvalue weighted by molar-refractivity contribution is 7.21. The van der Waals surface area contributed by atoms with Crippen LogP contribution in [0.15, 0.2) is 66.7 Å². The van der Waals surface area contributed by atoms with Gasteiger partial charge in [0.2, 0.25) is 0 Å². The lowest BCUT2D eigenvalue weighted by Crippen LogP contribution is -2.28. The van der Waals surface area contributed by atoms with E-state index >= 15 is 0 Å². The number of aryl methyl sites for hydroxylation is 2. The fraction of sp³-hybridized carbons (Fsp3) is 0.167. The van der Waals surface area contributed by atoms with Crippen LogP contribution in [0.3, 0.4) is 0 Å². The number of hydrogen-bond acceptors (Lipinski definition) is 4. The monoisotopic (exact) mass is 402 g/mol. The molecule has 0 bridgehead atoms. The number of hydrogen-bond donors (Lipinski definition) is 1. The van der Waals surface area contributed by atoms with Gasteiger partial charge in [-0.2, -0.15) is 0 Å². The molecule has 1 heterocycles. The number of aromatic nitrogens is 1. The predicted octanol–water partition coefficient (Wildman–Crippen LogP) is 5.28. The number of nitrogens with zero attached hydrogens (tertiary/aromatic N) is 1. The van der Waals surface area contributed by atoms with Crippen molar-refractivity contribution in [2.75, 3.05) is 6.61 Å². The number of amides is 1. The first-order valence-corrected chi connectivity index (χ1v) is 10.3. The lowest BCUT2D eigenvalue weighted by atomic mass is 10.1. The van der Waals surface area contributed by atoms with Crippen molar-refractivity contribution in [3.8, 4) is 16.3 Å². The highest BCUT2D eigenvalue weighted by atomic mass is 32.1. The molecule has 29 heavy (non-hydrogen) atoms. The summed E-state index contributed by atoms with van der Waals surface area (Å²) in [5, 5.41) is 3.91. The Labute approximate surface area is 174 Å². The number of fused-ring (bicyclic) bond motifs is 1. The Morgan fingerprint density at radius 2 is 1.72 bits per heavy atom. The van der Waals surface area contributed by atoms with Gasteiger partial charge in [-0.1, -0.05) is 42.5 Å². The Hall–Kier alpha value is -3.18. The zero-order valence-corrected chi connectivity index (χ0v) is 17.3. The summed E-state index contributed by atoms with van der Waals surface area (Å²) >= 11 is 1.68. The van der Waals surface area contributed by atoms with Gasteiger partial charge >= 0.3 is 0 Å². The molecule has 1 N–H and O–H groups in total. The van der Waals surface area contributed by atoms with Gasteiger partial charge in [0.1, 0.15) is 10.8 Å². The number of carbonyl (C=O) groups excluding carboxylic acids is 1. The minimum atomic E-state index is -0.139. The van der Waals surface area contributed by atoms with Crippen molar-refractivity contribution in [1.82, 2.24) is 10.3 Å². The lowest BCUT2D eigenvalue weighted by Gasteiger charge is -2.09. The second kappa shape index (κ2) is 8.45. The van der Waals surface area contributed by atoms with Gasteiger partial charge in [-0.3, -0.25) is 4.79 Å². The Morgan fingerprint density at radius 1 is 1.00 bits per heavy atom. The van der Waals surface area contributed by atoms with E-state index in [2.05, 4.69) is 22.4 Å². The third kappa shape index (κ3) is 4.81. The van der Waals surface area contributed by atoms with Gasteiger partial charge in [0.25, 0.3) is 5.91 Å². The number of benzene rings is 3. The molecule has 0 aliphatic heterocycles. The molecular weight excluding hydrogens is 380 g/mol. The van der Waals surface area contributed by atoms with E-state index in [4.69, 9.17) is 4.74 Å². The van der Waals surface area contributed by atoms with E-state index in [1.807, 2.05) is 68.4 Å². The minimum absolute atomic E-state index is 0.00663. The lowest BCUT2D eigenvalue weighted by molar-refractivity contribution is -0.123. The quantitative estimate of drug-likeness (QED) is 0.478. The Kier molecular flexibility index (Phi) is 5.58. The largest absolute Gasteiger partial charge is 0.484 e. The van der Waals surface area contributed by atoms with Crippen molar-refractivity contribution >= 4 is 27.5 Å². The maximum absolute atomic E-state index is 12.1. The van der Waals surface area contributed by atoms with Crippen LogP contribution >= 0.6 is 11.3 Å². The summed E-state index contributed by atoms with van der Waals surface area (Å²) in [7, 11) is 0. The van der Waals surface area contributed by atoms with E-state index in [0.29, 0.717) is 6.54 Å². The molecule has 0 radical (unpaired) electrons. The summed E-state index contributed by atoms with van der Waals surface area (Å²) in [6, 6.07) is 22.2. The number of rotatable bonds is 6. The van der Waals surface area contributed by atoms with Crippen LogP contribution in [0.25, 0.3) is 20.8 Å². The van der Waals surface area contributed by atoms with E-state index in [-0.39, 0.29) is 12.5 Å². The molecule has 1 amide bonds. The maximum atomic E-state index is 12.1. The zero-order chi connectivity index (χ0) is 20.2. The molecule has 3 aromatic carbocycles. The van der Waals surface area contributed by atoms with Gasteiger partial charge < -0.3 is 10.1 Å². The van der Waals surface area contributed by atoms with Crippen LogP contribution in [-0.4, -0.2) is 17.5 Å². The van der Waals surface area contributed by atoms with E-state index in [1.165, 1.54) is 4.70 Å². The summed E-state index contributed by atoms with van der Waals surface area (Å²) in [5.74, 6) is 0.581. The molecule has 4 aromatic rings. The van der Waals surface area contributed by atoms with Crippen LogP contribution in [0.1, 0.15) is 16.7 Å². The standard InChI is InChI=1S/C24H22N2O2S/c1-16-11-17(2)13-20(12-16)28-15-23(27)25-14-18-7-9-19(10-8-18)24-26-21-5-3-4-6-22(21)29-24/h3-13H,14-15H2,1-2H3,(H,25,27). The maximum Gasteiger partial charge on any atom is 0.258 e. The van der Waals surface area contributed by atoms with Crippen molar-refractivity contribution in [1.29, 1.82) is 0 Å². The molecule has 5 heteroatoms. The summed E-state index contributed by atoms with van der Waals surface area (Å²) in [6.45, 7) is 4.50. The van der Waals surface area contributed by atoms with E-state index in [0.717, 1.165) is 38.5 Å². The number of thiazole rings is 1. The molecule has 0 saturated carbocycles. The second-order valence-corrected chi connectivity index (χ2v) is 8.10. The number of carbonyl (C=O) groups is 1. The highest BCUT2D eigenvalue weighted by Crippen LogP contribution is 2.30. The molecule has 0 unspecified atom stereocenters. The molecule has 0 spiro atoms. The van der Waals surface area contributed by atoms with Gasteiger partial charge in [-0.05, 0) is 54.8 Å². The second-order valence-electron chi connectivity index (χ2n) is 7.07. The van der Waals surface area contributed by atoms with Gasteiger partial charge in [0.05, 0.1) is 10.2 Å². The van der Waals surface area contributed by atoms with Crippen molar-refractivity contribution in [2.24, 2.45) is 0 Å². The molecule has 0 aliphatic carbocycles. The van der Waals surface area contributed by atoms with E-state index in [9.17, 15) is 4.79 Å². The summed E-state index contributed by atoms with van der Waals surface area (Å²) in [5.41, 5.74) is 5.38. The van der Waals surface area contributed by atoms with Crippen molar-refractivity contribution in [3.63, 3.8) is 0 Å². The molecule has 4 nitrogen and oxygen atoms in total. The van der Waals surface area contributed by atoms with Gasteiger partial charge in [0.15, 0.2) is 6.61 Å².